The fraction of sp³-hybridized carbons (Fsp3) is 0.500. The molecule has 1 amide bonds. The molecule has 2 fully saturated rings. The number of nitrogens with one attached hydrogen (secondary N) is 1. The van der Waals surface area contributed by atoms with E-state index in [1.54, 1.807) is 0 Å². The average Bonchev–Trinajstić information content (AvgIpc) is 2.97. The largest absolute Gasteiger partial charge is 0.458 e. The minimum atomic E-state index is -0.537. The summed E-state index contributed by atoms with van der Waals surface area (Å²) >= 11 is 0. The van der Waals surface area contributed by atoms with Gasteiger partial charge in [0, 0.05) is 5.69 Å². The molecule has 1 atom stereocenters. The average molecular weight is 273 g/mol. The summed E-state index contributed by atoms with van der Waals surface area (Å²) in [5.41, 5.74) is 1.34. The maximum Gasteiger partial charge on any atom is 0.307 e. The van der Waals surface area contributed by atoms with E-state index in [2.05, 4.69) is 5.32 Å². The SMILES string of the molecule is Cc1cccc(NC(=O)[C@H]2CC(=O)OC23CCCC3)c1. The molecule has 0 unspecified atom stereocenters. The van der Waals surface area contributed by atoms with Crippen molar-refractivity contribution in [1.82, 2.24) is 0 Å². The minimum Gasteiger partial charge on any atom is -0.458 e. The summed E-state index contributed by atoms with van der Waals surface area (Å²) in [6, 6.07) is 7.68. The zero-order valence-electron chi connectivity index (χ0n) is 11.6. The van der Waals surface area contributed by atoms with Gasteiger partial charge >= 0.3 is 5.97 Å². The van der Waals surface area contributed by atoms with Crippen LogP contribution in [0.3, 0.4) is 0 Å². The van der Waals surface area contributed by atoms with Crippen LogP contribution in [0.1, 0.15) is 37.7 Å². The van der Waals surface area contributed by atoms with E-state index in [4.69, 9.17) is 4.74 Å². The number of amides is 1. The van der Waals surface area contributed by atoms with Crippen molar-refractivity contribution in [2.45, 2.75) is 44.6 Å². The van der Waals surface area contributed by atoms with Crippen LogP contribution < -0.4 is 5.32 Å². The highest BCUT2D eigenvalue weighted by Gasteiger charge is 2.53. The molecule has 4 heteroatoms. The highest BCUT2D eigenvalue weighted by Crippen LogP contribution is 2.45. The zero-order valence-corrected chi connectivity index (χ0v) is 11.6. The monoisotopic (exact) mass is 273 g/mol. The van der Waals surface area contributed by atoms with Crippen LogP contribution in [0.4, 0.5) is 5.69 Å². The molecule has 1 aliphatic heterocycles. The third-order valence-electron chi connectivity index (χ3n) is 4.37. The van der Waals surface area contributed by atoms with Crippen molar-refractivity contribution >= 4 is 17.6 Å². The number of carbonyl (C=O) groups is 2. The number of hydrogen-bond acceptors (Lipinski definition) is 3. The summed E-state index contributed by atoms with van der Waals surface area (Å²) in [6.45, 7) is 1.98. The Morgan fingerprint density at radius 2 is 2.10 bits per heavy atom. The first-order chi connectivity index (χ1) is 9.59. The first kappa shape index (κ1) is 13.2. The van der Waals surface area contributed by atoms with Crippen molar-refractivity contribution in [2.75, 3.05) is 5.32 Å². The van der Waals surface area contributed by atoms with E-state index in [0.717, 1.165) is 36.9 Å². The van der Waals surface area contributed by atoms with Gasteiger partial charge in [-0.2, -0.15) is 0 Å². The molecule has 1 N–H and O–H groups in total. The lowest BCUT2D eigenvalue weighted by Crippen LogP contribution is -2.39. The molecular weight excluding hydrogens is 254 g/mol. The quantitative estimate of drug-likeness (QED) is 0.843. The molecule has 0 aromatic heterocycles. The van der Waals surface area contributed by atoms with Gasteiger partial charge in [0.15, 0.2) is 0 Å². The number of aryl methyl sites for hydroxylation is 1. The van der Waals surface area contributed by atoms with E-state index in [-0.39, 0.29) is 24.2 Å². The van der Waals surface area contributed by atoms with Crippen molar-refractivity contribution in [1.29, 1.82) is 0 Å². The number of hydrogen-bond donors (Lipinski definition) is 1. The summed E-state index contributed by atoms with van der Waals surface area (Å²) in [5, 5.41) is 2.93. The Balaban J connectivity index is 1.77. The Kier molecular flexibility index (Phi) is 3.24. The maximum absolute atomic E-state index is 12.5. The molecule has 0 bridgehead atoms. The predicted molar refractivity (Wildman–Crippen MR) is 75.2 cm³/mol. The number of anilines is 1. The molecule has 1 aromatic rings. The lowest BCUT2D eigenvalue weighted by molar-refractivity contribution is -0.149. The van der Waals surface area contributed by atoms with Crippen LogP contribution >= 0.6 is 0 Å². The Morgan fingerprint density at radius 1 is 1.35 bits per heavy atom. The van der Waals surface area contributed by atoms with Crippen molar-refractivity contribution < 1.29 is 14.3 Å². The fourth-order valence-electron chi connectivity index (χ4n) is 3.40. The van der Waals surface area contributed by atoms with Gasteiger partial charge in [-0.05, 0) is 50.3 Å². The van der Waals surface area contributed by atoms with Gasteiger partial charge in [0.2, 0.25) is 5.91 Å². The van der Waals surface area contributed by atoms with Crippen LogP contribution in [0.15, 0.2) is 24.3 Å². The van der Waals surface area contributed by atoms with Crippen molar-refractivity contribution in [2.24, 2.45) is 5.92 Å². The van der Waals surface area contributed by atoms with Crippen LogP contribution in [-0.4, -0.2) is 17.5 Å². The van der Waals surface area contributed by atoms with E-state index in [1.165, 1.54) is 0 Å². The van der Waals surface area contributed by atoms with E-state index in [0.29, 0.717) is 0 Å². The molecule has 106 valence electrons. The molecular formula is C16H19NO3. The molecule has 1 saturated carbocycles. The lowest BCUT2D eigenvalue weighted by atomic mass is 9.85. The Bertz CT molecular complexity index is 546. The molecule has 0 radical (unpaired) electrons. The second-order valence-corrected chi connectivity index (χ2v) is 5.86. The summed E-state index contributed by atoms with van der Waals surface area (Å²) in [7, 11) is 0. The van der Waals surface area contributed by atoms with Gasteiger partial charge in [0.05, 0.1) is 12.3 Å². The van der Waals surface area contributed by atoms with Gasteiger partial charge in [-0.3, -0.25) is 9.59 Å². The molecule has 1 aromatic carbocycles. The fourth-order valence-corrected chi connectivity index (χ4v) is 3.40. The van der Waals surface area contributed by atoms with Crippen LogP contribution in [-0.2, 0) is 14.3 Å². The topological polar surface area (TPSA) is 55.4 Å². The van der Waals surface area contributed by atoms with Crippen LogP contribution in [0.2, 0.25) is 0 Å². The molecule has 1 heterocycles. The molecule has 3 rings (SSSR count). The molecule has 20 heavy (non-hydrogen) atoms. The van der Waals surface area contributed by atoms with E-state index >= 15 is 0 Å². The Morgan fingerprint density at radius 3 is 2.80 bits per heavy atom. The Hall–Kier alpha value is -1.84. The molecule has 2 aliphatic rings. The van der Waals surface area contributed by atoms with E-state index in [9.17, 15) is 9.59 Å². The van der Waals surface area contributed by atoms with Crippen molar-refractivity contribution in [3.63, 3.8) is 0 Å². The van der Waals surface area contributed by atoms with Gasteiger partial charge in [0.1, 0.15) is 5.60 Å². The van der Waals surface area contributed by atoms with Gasteiger partial charge < -0.3 is 10.1 Å². The second-order valence-electron chi connectivity index (χ2n) is 5.86. The number of benzene rings is 1. The van der Waals surface area contributed by atoms with Crippen LogP contribution in [0.25, 0.3) is 0 Å². The highest BCUT2D eigenvalue weighted by molar-refractivity contribution is 5.97. The van der Waals surface area contributed by atoms with Gasteiger partial charge in [-0.25, -0.2) is 0 Å². The first-order valence-electron chi connectivity index (χ1n) is 7.18. The van der Waals surface area contributed by atoms with E-state index < -0.39 is 5.60 Å². The first-order valence-corrected chi connectivity index (χ1v) is 7.18. The molecule has 1 aliphatic carbocycles. The predicted octanol–water partition coefficient (Wildman–Crippen LogP) is 2.81. The minimum absolute atomic E-state index is 0.0941. The summed E-state index contributed by atoms with van der Waals surface area (Å²) in [5.74, 6) is -0.683. The summed E-state index contributed by atoms with van der Waals surface area (Å²) < 4.78 is 5.51. The smallest absolute Gasteiger partial charge is 0.307 e. The number of carbonyl (C=O) groups excluding carboxylic acids is 2. The summed E-state index contributed by atoms with van der Waals surface area (Å²) in [6.07, 6.45) is 3.88. The molecule has 1 saturated heterocycles. The van der Waals surface area contributed by atoms with Gasteiger partial charge in [0.25, 0.3) is 0 Å². The molecule has 1 spiro atoms. The Labute approximate surface area is 118 Å². The third kappa shape index (κ3) is 2.30. The third-order valence-corrected chi connectivity index (χ3v) is 4.37. The standard InChI is InChI=1S/C16H19NO3/c1-11-5-4-6-12(9-11)17-15(19)13-10-14(18)20-16(13)7-2-3-8-16/h4-6,9,13H,2-3,7-8,10H2,1H3,(H,17,19)/t13-/m1/s1. The van der Waals surface area contributed by atoms with Crippen LogP contribution in [0, 0.1) is 12.8 Å². The lowest BCUT2D eigenvalue weighted by Gasteiger charge is -2.27. The van der Waals surface area contributed by atoms with Crippen molar-refractivity contribution in [3.05, 3.63) is 29.8 Å². The number of esters is 1. The normalized spacial score (nSPS) is 23.9. The van der Waals surface area contributed by atoms with Gasteiger partial charge in [-0.15, -0.1) is 0 Å². The highest BCUT2D eigenvalue weighted by atomic mass is 16.6. The maximum atomic E-state index is 12.5. The molecule has 4 nitrogen and oxygen atoms in total. The van der Waals surface area contributed by atoms with Gasteiger partial charge in [-0.1, -0.05) is 12.1 Å². The zero-order chi connectivity index (χ0) is 14.2. The summed E-state index contributed by atoms with van der Waals surface area (Å²) in [4.78, 5) is 24.1. The van der Waals surface area contributed by atoms with E-state index in [1.807, 2.05) is 31.2 Å². The van der Waals surface area contributed by atoms with Crippen LogP contribution in [0.5, 0.6) is 0 Å². The second kappa shape index (κ2) is 4.93. The number of ether oxygens (including phenoxy) is 1. The van der Waals surface area contributed by atoms with Crippen molar-refractivity contribution in [3.8, 4) is 0 Å². The number of rotatable bonds is 2.